The van der Waals surface area contributed by atoms with Crippen LogP contribution in [0.4, 0.5) is 0 Å². The van der Waals surface area contributed by atoms with Crippen LogP contribution in [0.5, 0.6) is 0 Å². The highest BCUT2D eigenvalue weighted by atomic mass is 31.2. The fraction of sp³-hybridized carbons (Fsp3) is 0.667. The Morgan fingerprint density at radius 3 is 2.07 bits per heavy atom. The van der Waals surface area contributed by atoms with E-state index in [2.05, 4.69) is 9.05 Å². The molecule has 0 amide bonds. The molecular formula is C3H8O10P2. The first kappa shape index (κ1) is 9.88. The molecule has 12 heteroatoms. The zero-order valence-corrected chi connectivity index (χ0v) is 8.46. The molecule has 15 heavy (non-hydrogen) atoms. The molecule has 1 atom stereocenters. The van der Waals surface area contributed by atoms with Gasteiger partial charge in [-0.15, -0.1) is 0 Å². The number of phosphoric ester groups is 2. The maximum absolute atomic E-state index is 10.6. The van der Waals surface area contributed by atoms with Crippen LogP contribution in [0, 0.1) is 0 Å². The van der Waals surface area contributed by atoms with Gasteiger partial charge in [-0.2, -0.15) is 0 Å². The van der Waals surface area contributed by atoms with Gasteiger partial charge in [-0.25, -0.2) is 13.9 Å². The summed E-state index contributed by atoms with van der Waals surface area (Å²) >= 11 is 0. The zero-order valence-electron chi connectivity index (χ0n) is 9.67. The zero-order chi connectivity index (χ0) is 15.0. The smallest absolute Gasteiger partial charge is 0.470 e. The highest BCUT2D eigenvalue weighted by molar-refractivity contribution is 7.46. The number of carboxylic acids is 1. The summed E-state index contributed by atoms with van der Waals surface area (Å²) in [6, 6.07) is 0. The predicted octanol–water partition coefficient (Wildman–Crippen LogP) is -1.34. The van der Waals surface area contributed by atoms with Gasteiger partial charge in [0.2, 0.25) is 0 Å². The van der Waals surface area contributed by atoms with Crippen molar-refractivity contribution in [2.75, 3.05) is 6.56 Å². The lowest BCUT2D eigenvalue weighted by Gasteiger charge is -2.14. The third-order valence-electron chi connectivity index (χ3n) is 0.662. The fourth-order valence-corrected chi connectivity index (χ4v) is 0.876. The van der Waals surface area contributed by atoms with Crippen LogP contribution in [-0.2, 0) is 23.0 Å². The van der Waals surface area contributed by atoms with Crippen molar-refractivity contribution in [2.24, 2.45) is 0 Å². The molecule has 0 aromatic rings. The van der Waals surface area contributed by atoms with Gasteiger partial charge in [-0.05, 0) is 0 Å². The Bertz CT molecular complexity index is 424. The number of rotatable bonds is 6. The van der Waals surface area contributed by atoms with Crippen molar-refractivity contribution in [3.63, 3.8) is 0 Å². The molecule has 0 aliphatic rings. The molecule has 0 aliphatic heterocycles. The first-order valence-corrected chi connectivity index (χ1v) is 5.93. The van der Waals surface area contributed by atoms with Crippen molar-refractivity contribution in [2.45, 2.75) is 6.08 Å². The minimum absolute atomic E-state index is 2.57. The topological polar surface area (TPSA) is 171 Å². The van der Waals surface area contributed by atoms with E-state index < -0.39 is 34.3 Å². The molecule has 0 fully saturated rings. The molecular weight excluding hydrogens is 258 g/mol. The molecule has 0 spiro atoms. The predicted molar refractivity (Wildman–Crippen MR) is 42.5 cm³/mol. The summed E-state index contributed by atoms with van der Waals surface area (Å²) in [5, 5.41) is 8.50. The molecule has 10 nitrogen and oxygen atoms in total. The third-order valence-corrected chi connectivity index (χ3v) is 1.41. The van der Waals surface area contributed by atoms with Crippen LogP contribution in [0.1, 0.15) is 4.11 Å². The van der Waals surface area contributed by atoms with Crippen molar-refractivity contribution in [1.29, 1.82) is 0 Å². The minimum atomic E-state index is -5.64. The molecule has 0 bridgehead atoms. The Labute approximate surface area is 87.1 Å². The lowest BCUT2D eigenvalue weighted by Crippen LogP contribution is -2.27. The molecule has 0 aromatic carbocycles. The number of aliphatic carboxylic acids is 1. The maximum Gasteiger partial charge on any atom is 0.470 e. The number of carbonyl (C=O) groups is 1. The molecule has 1 unspecified atom stereocenters. The number of hydrogen-bond acceptors (Lipinski definition) is 5. The molecule has 0 aliphatic carbocycles. The van der Waals surface area contributed by atoms with E-state index in [-0.39, 0.29) is 0 Å². The average Bonchev–Trinajstić information content (AvgIpc) is 1.94. The van der Waals surface area contributed by atoms with Gasteiger partial charge in [0.15, 0.2) is 6.08 Å². The van der Waals surface area contributed by atoms with E-state index in [1.807, 2.05) is 0 Å². The van der Waals surface area contributed by atoms with E-state index >= 15 is 0 Å². The molecule has 0 radical (unpaired) electrons. The Morgan fingerprint density at radius 1 is 1.33 bits per heavy atom. The third kappa shape index (κ3) is 8.67. The van der Waals surface area contributed by atoms with Crippen LogP contribution < -0.4 is 0 Å². The van der Waals surface area contributed by atoms with E-state index in [0.29, 0.717) is 0 Å². The number of hydrogen-bond donors (Lipinski definition) is 5. The largest absolute Gasteiger partial charge is 0.479 e. The van der Waals surface area contributed by atoms with Gasteiger partial charge in [0.25, 0.3) is 0 Å². The quantitative estimate of drug-likeness (QED) is 0.363. The molecule has 90 valence electrons. The van der Waals surface area contributed by atoms with Crippen molar-refractivity contribution >= 4 is 21.6 Å². The van der Waals surface area contributed by atoms with E-state index in [1.165, 1.54) is 0 Å². The van der Waals surface area contributed by atoms with Crippen LogP contribution >= 0.6 is 15.6 Å². The monoisotopic (exact) mass is 269 g/mol. The SMILES string of the molecule is [2H]C([2H])(OP(=O)(O)O)C([2H])(OP(=O)(O)O)C(=O)O. The Balaban J connectivity index is 5.54. The summed E-state index contributed by atoms with van der Waals surface area (Å²) < 4.78 is 48.3. The number of phosphoric acid groups is 2. The van der Waals surface area contributed by atoms with Crippen LogP contribution in [0.3, 0.4) is 0 Å². The van der Waals surface area contributed by atoms with Crippen molar-refractivity contribution < 1.29 is 51.8 Å². The van der Waals surface area contributed by atoms with Gasteiger partial charge in [0.05, 0.1) is 10.7 Å². The normalized spacial score (nSPS) is 20.9. The first-order chi connectivity index (χ1) is 7.61. The van der Waals surface area contributed by atoms with Crippen LogP contribution in [0.25, 0.3) is 0 Å². The van der Waals surface area contributed by atoms with Gasteiger partial charge in [-0.3, -0.25) is 9.05 Å². The van der Waals surface area contributed by atoms with Gasteiger partial charge < -0.3 is 24.7 Å². The van der Waals surface area contributed by atoms with Gasteiger partial charge in [0, 0.05) is 0 Å². The minimum Gasteiger partial charge on any atom is -0.479 e. The lowest BCUT2D eigenvalue weighted by molar-refractivity contribution is -0.147. The number of carboxylic acid groups (broad SMARTS) is 1. The fourth-order valence-electron chi connectivity index (χ4n) is 0.321. The molecule has 0 aromatic heterocycles. The van der Waals surface area contributed by atoms with Crippen molar-refractivity contribution in [1.82, 2.24) is 0 Å². The van der Waals surface area contributed by atoms with E-state index in [9.17, 15) is 13.9 Å². The Hall–Kier alpha value is -0.310. The molecule has 0 heterocycles. The van der Waals surface area contributed by atoms with Crippen molar-refractivity contribution in [3.05, 3.63) is 0 Å². The highest BCUT2D eigenvalue weighted by Gasteiger charge is 2.30. The van der Waals surface area contributed by atoms with E-state index in [4.69, 9.17) is 28.8 Å². The summed E-state index contributed by atoms with van der Waals surface area (Å²) in [5.41, 5.74) is 0. The second kappa shape index (κ2) is 5.15. The van der Waals surface area contributed by atoms with Crippen LogP contribution in [-0.4, -0.2) is 43.3 Å². The van der Waals surface area contributed by atoms with Crippen LogP contribution in [0.2, 0.25) is 0 Å². The summed E-state index contributed by atoms with van der Waals surface area (Å²) in [5.74, 6) is -2.57. The standard InChI is InChI=1S/C3H8O10P2/c4-3(5)2(13-15(9,10)11)1-12-14(6,7)8/h2H,1H2,(H,4,5)(H2,6,7,8)(H2,9,10,11)/i1D2,2D. The maximum atomic E-state index is 10.6. The second-order valence-electron chi connectivity index (χ2n) is 1.90. The summed E-state index contributed by atoms with van der Waals surface area (Å²) in [6.45, 7) is -4.04. The summed E-state index contributed by atoms with van der Waals surface area (Å²) in [4.78, 5) is 43.9. The summed E-state index contributed by atoms with van der Waals surface area (Å²) in [7, 11) is -11.2. The Morgan fingerprint density at radius 2 is 1.80 bits per heavy atom. The van der Waals surface area contributed by atoms with Gasteiger partial charge in [-0.1, -0.05) is 0 Å². The first-order valence-electron chi connectivity index (χ1n) is 4.37. The molecule has 0 saturated heterocycles. The van der Waals surface area contributed by atoms with Gasteiger partial charge in [0.1, 0.15) is 0 Å². The average molecular weight is 269 g/mol. The lowest BCUT2D eigenvalue weighted by atomic mass is 10.4. The Kier molecular flexibility index (Phi) is 3.39. The summed E-state index contributed by atoms with van der Waals surface area (Å²) in [6.07, 6.45) is -4.09. The molecule has 5 N–H and O–H groups in total. The van der Waals surface area contributed by atoms with Crippen molar-refractivity contribution in [3.8, 4) is 0 Å². The van der Waals surface area contributed by atoms with Gasteiger partial charge >= 0.3 is 21.6 Å². The van der Waals surface area contributed by atoms with Crippen LogP contribution in [0.15, 0.2) is 0 Å². The van der Waals surface area contributed by atoms with E-state index in [1.54, 1.807) is 0 Å². The second-order valence-corrected chi connectivity index (χ2v) is 4.23. The highest BCUT2D eigenvalue weighted by Crippen LogP contribution is 2.40. The molecule has 0 rings (SSSR count). The molecule has 0 saturated carbocycles. The van der Waals surface area contributed by atoms with E-state index in [0.717, 1.165) is 0 Å².